The lowest BCUT2D eigenvalue weighted by molar-refractivity contribution is 0.414. The van der Waals surface area contributed by atoms with Crippen LogP contribution in [0.3, 0.4) is 0 Å². The number of nitrogens with one attached hydrogen (secondary N) is 2. The number of nitrogens with zero attached hydrogens (tertiary/aromatic N) is 3. The SMILES string of the molecule is COc1cccc(-n2cccc2[C@@H]2[C@@H](c3ccccn3)NC(=S)N2c2ccc(NS(C)(=O)=O)cc2)c1. The molecule has 0 radical (unpaired) electrons. The van der Waals surface area contributed by atoms with Crippen LogP contribution in [0.4, 0.5) is 11.4 Å². The Kier molecular flexibility index (Phi) is 6.38. The number of hydrogen-bond donors (Lipinski definition) is 2. The molecule has 0 unspecified atom stereocenters. The van der Waals surface area contributed by atoms with Crippen molar-refractivity contribution in [2.75, 3.05) is 23.0 Å². The molecule has 184 valence electrons. The van der Waals surface area contributed by atoms with Crippen LogP contribution in [0.15, 0.2) is 91.3 Å². The molecule has 2 N–H and O–H groups in total. The van der Waals surface area contributed by atoms with Crippen LogP contribution in [-0.2, 0) is 10.0 Å². The Morgan fingerprint density at radius 2 is 1.81 bits per heavy atom. The minimum atomic E-state index is -3.38. The third kappa shape index (κ3) is 4.77. The van der Waals surface area contributed by atoms with Crippen molar-refractivity contribution in [2.45, 2.75) is 12.1 Å². The summed E-state index contributed by atoms with van der Waals surface area (Å²) in [6.45, 7) is 0. The van der Waals surface area contributed by atoms with Crippen LogP contribution in [0.5, 0.6) is 5.75 Å². The van der Waals surface area contributed by atoms with Gasteiger partial charge in [-0.1, -0.05) is 12.1 Å². The van der Waals surface area contributed by atoms with Gasteiger partial charge < -0.3 is 19.5 Å². The molecule has 1 fully saturated rings. The number of hydrogen-bond acceptors (Lipinski definition) is 5. The number of sulfonamides is 1. The fourth-order valence-electron chi connectivity index (χ4n) is 4.47. The van der Waals surface area contributed by atoms with Crippen molar-refractivity contribution in [1.82, 2.24) is 14.9 Å². The van der Waals surface area contributed by atoms with Crippen LogP contribution in [0.25, 0.3) is 5.69 Å². The van der Waals surface area contributed by atoms with Crippen molar-refractivity contribution in [1.29, 1.82) is 0 Å². The second-order valence-corrected chi connectivity index (χ2v) is 10.6. The number of pyridine rings is 1. The van der Waals surface area contributed by atoms with Crippen LogP contribution in [0.1, 0.15) is 23.5 Å². The number of thiocarbonyl (C=S) groups is 1. The molecule has 8 nitrogen and oxygen atoms in total. The van der Waals surface area contributed by atoms with Gasteiger partial charge in [0, 0.05) is 41.2 Å². The monoisotopic (exact) mass is 519 g/mol. The predicted molar refractivity (Wildman–Crippen MR) is 145 cm³/mol. The minimum Gasteiger partial charge on any atom is -0.497 e. The first-order valence-corrected chi connectivity index (χ1v) is 13.5. The van der Waals surface area contributed by atoms with Crippen LogP contribution < -0.4 is 19.7 Å². The van der Waals surface area contributed by atoms with E-state index in [0.717, 1.165) is 34.8 Å². The number of ether oxygens (including phenoxy) is 1. The number of benzene rings is 2. The van der Waals surface area contributed by atoms with Gasteiger partial charge in [-0.05, 0) is 72.9 Å². The molecule has 0 amide bonds. The van der Waals surface area contributed by atoms with Crippen LogP contribution in [0, 0.1) is 0 Å². The Bertz CT molecular complexity index is 1490. The van der Waals surface area contributed by atoms with Gasteiger partial charge in [0.05, 0.1) is 25.1 Å². The highest BCUT2D eigenvalue weighted by molar-refractivity contribution is 7.92. The van der Waals surface area contributed by atoms with Gasteiger partial charge in [0.1, 0.15) is 11.8 Å². The highest BCUT2D eigenvalue weighted by Gasteiger charge is 2.42. The van der Waals surface area contributed by atoms with Crippen LogP contribution >= 0.6 is 12.2 Å². The molecule has 1 saturated heterocycles. The van der Waals surface area contributed by atoms with E-state index in [1.807, 2.05) is 71.8 Å². The van der Waals surface area contributed by atoms with E-state index in [0.29, 0.717) is 10.8 Å². The molecule has 10 heteroatoms. The van der Waals surface area contributed by atoms with Crippen LogP contribution in [-0.4, -0.2) is 36.4 Å². The Hall–Kier alpha value is -3.89. The van der Waals surface area contributed by atoms with Crippen LogP contribution in [0.2, 0.25) is 0 Å². The molecule has 1 aliphatic heterocycles. The first-order valence-electron chi connectivity index (χ1n) is 11.2. The van der Waals surface area contributed by atoms with Crippen molar-refractivity contribution in [2.24, 2.45) is 0 Å². The maximum absolute atomic E-state index is 11.6. The summed E-state index contributed by atoms with van der Waals surface area (Å²) >= 11 is 5.82. The van der Waals surface area contributed by atoms with E-state index in [1.54, 1.807) is 25.4 Å². The number of aromatic nitrogens is 2. The van der Waals surface area contributed by atoms with Crippen molar-refractivity contribution in [3.8, 4) is 11.4 Å². The number of methoxy groups -OCH3 is 1. The topological polar surface area (TPSA) is 88.5 Å². The highest BCUT2D eigenvalue weighted by Crippen LogP contribution is 2.42. The number of rotatable bonds is 7. The van der Waals surface area contributed by atoms with E-state index in [9.17, 15) is 8.42 Å². The zero-order valence-corrected chi connectivity index (χ0v) is 21.3. The van der Waals surface area contributed by atoms with E-state index in [2.05, 4.69) is 25.7 Å². The molecular weight excluding hydrogens is 494 g/mol. The van der Waals surface area contributed by atoms with Gasteiger partial charge in [-0.3, -0.25) is 9.71 Å². The summed E-state index contributed by atoms with van der Waals surface area (Å²) in [6, 6.07) is 24.5. The Labute approximate surface area is 215 Å². The van der Waals surface area contributed by atoms with Gasteiger partial charge in [0.15, 0.2) is 5.11 Å². The molecule has 3 heterocycles. The maximum Gasteiger partial charge on any atom is 0.229 e. The Morgan fingerprint density at radius 1 is 1.00 bits per heavy atom. The summed E-state index contributed by atoms with van der Waals surface area (Å²) in [6.07, 6.45) is 4.91. The second kappa shape index (κ2) is 9.63. The maximum atomic E-state index is 11.6. The quantitative estimate of drug-likeness (QED) is 0.349. The normalized spacial score (nSPS) is 17.6. The van der Waals surface area contributed by atoms with Gasteiger partial charge >= 0.3 is 0 Å². The Balaban J connectivity index is 1.61. The van der Waals surface area contributed by atoms with E-state index in [4.69, 9.17) is 17.0 Å². The lowest BCUT2D eigenvalue weighted by Crippen LogP contribution is -2.30. The fraction of sp³-hybridized carbons (Fsp3) is 0.154. The summed E-state index contributed by atoms with van der Waals surface area (Å²) in [5.74, 6) is 0.763. The summed E-state index contributed by atoms with van der Waals surface area (Å²) in [5, 5.41) is 4.01. The molecule has 36 heavy (non-hydrogen) atoms. The summed E-state index contributed by atoms with van der Waals surface area (Å²) in [4.78, 5) is 6.66. The van der Waals surface area contributed by atoms with E-state index in [1.165, 1.54) is 0 Å². The molecule has 0 aliphatic carbocycles. The summed E-state index contributed by atoms with van der Waals surface area (Å²) in [5.41, 5.74) is 4.13. The molecule has 2 aromatic heterocycles. The zero-order valence-electron chi connectivity index (χ0n) is 19.7. The molecule has 5 rings (SSSR count). The standard InChI is InChI=1S/C26H25N5O3S2/c1-34-21-8-5-7-20(17-21)30-16-6-10-23(30)25-24(22-9-3-4-15-27-22)28-26(35)31(25)19-13-11-18(12-14-19)29-36(2,32)33/h3-17,24-25,29H,1-2H3,(H,28,35)/t24-,25-/m1/s1. The first-order chi connectivity index (χ1) is 17.3. The Morgan fingerprint density at radius 3 is 2.50 bits per heavy atom. The zero-order chi connectivity index (χ0) is 25.3. The van der Waals surface area contributed by atoms with E-state index in [-0.39, 0.29) is 12.1 Å². The largest absolute Gasteiger partial charge is 0.497 e. The molecule has 2 aromatic carbocycles. The fourth-order valence-corrected chi connectivity index (χ4v) is 5.38. The van der Waals surface area contributed by atoms with Gasteiger partial charge in [-0.2, -0.15) is 0 Å². The predicted octanol–water partition coefficient (Wildman–Crippen LogP) is 4.43. The third-order valence-electron chi connectivity index (χ3n) is 5.96. The third-order valence-corrected chi connectivity index (χ3v) is 6.88. The van der Waals surface area contributed by atoms with E-state index < -0.39 is 10.0 Å². The summed E-state index contributed by atoms with van der Waals surface area (Å²) in [7, 11) is -1.73. The lowest BCUT2D eigenvalue weighted by atomic mass is 10.0. The molecule has 0 saturated carbocycles. The smallest absolute Gasteiger partial charge is 0.229 e. The minimum absolute atomic E-state index is 0.216. The van der Waals surface area contributed by atoms with Gasteiger partial charge in [-0.25, -0.2) is 8.42 Å². The molecule has 0 bridgehead atoms. The highest BCUT2D eigenvalue weighted by atomic mass is 32.2. The second-order valence-electron chi connectivity index (χ2n) is 8.42. The average Bonchev–Trinajstić information content (AvgIpc) is 3.48. The molecular formula is C26H25N5O3S2. The van der Waals surface area contributed by atoms with Crippen molar-refractivity contribution >= 4 is 38.7 Å². The van der Waals surface area contributed by atoms with Gasteiger partial charge in [0.25, 0.3) is 0 Å². The molecule has 2 atom stereocenters. The van der Waals surface area contributed by atoms with Gasteiger partial charge in [-0.15, -0.1) is 0 Å². The molecule has 1 aliphatic rings. The molecule has 4 aromatic rings. The van der Waals surface area contributed by atoms with Crippen molar-refractivity contribution in [3.63, 3.8) is 0 Å². The lowest BCUT2D eigenvalue weighted by Gasteiger charge is -2.29. The van der Waals surface area contributed by atoms with Gasteiger partial charge in [0.2, 0.25) is 10.0 Å². The average molecular weight is 520 g/mol. The summed E-state index contributed by atoms with van der Waals surface area (Å²) < 4.78 is 33.4. The first kappa shape index (κ1) is 23.8. The van der Waals surface area contributed by atoms with Crippen molar-refractivity contribution < 1.29 is 13.2 Å². The molecule has 0 spiro atoms. The van der Waals surface area contributed by atoms with Crippen molar-refractivity contribution in [3.05, 3.63) is 103 Å². The number of anilines is 2. The van der Waals surface area contributed by atoms with E-state index >= 15 is 0 Å².